The van der Waals surface area contributed by atoms with Crippen LogP contribution in [0.1, 0.15) is 53.1 Å². The predicted molar refractivity (Wildman–Crippen MR) is 132 cm³/mol. The average Bonchev–Trinajstić information content (AvgIpc) is 3.48. The zero-order valence-electron chi connectivity index (χ0n) is 19.7. The van der Waals surface area contributed by atoms with Crippen molar-refractivity contribution < 1.29 is 24.0 Å². The van der Waals surface area contributed by atoms with E-state index in [-0.39, 0.29) is 67.1 Å². The number of nitrogens with one attached hydrogen (secondary N) is 3. The number of amides is 3. The summed E-state index contributed by atoms with van der Waals surface area (Å²) in [5.41, 5.74) is 3.59. The summed E-state index contributed by atoms with van der Waals surface area (Å²) in [6.07, 6.45) is 3.99. The topological polar surface area (TPSA) is 141 Å². The van der Waals surface area contributed by atoms with Gasteiger partial charge in [0.05, 0.1) is 17.3 Å². The summed E-state index contributed by atoms with van der Waals surface area (Å²) in [7, 11) is 0. The Bertz CT molecular complexity index is 1520. The van der Waals surface area contributed by atoms with Gasteiger partial charge in [-0.2, -0.15) is 5.10 Å². The van der Waals surface area contributed by atoms with Crippen molar-refractivity contribution in [1.29, 1.82) is 0 Å². The molecule has 1 atom stereocenters. The van der Waals surface area contributed by atoms with Crippen molar-refractivity contribution in [2.24, 2.45) is 0 Å². The largest absolute Gasteiger partial charge is 0.361 e. The van der Waals surface area contributed by atoms with Gasteiger partial charge in [0.15, 0.2) is 11.6 Å². The van der Waals surface area contributed by atoms with Crippen molar-refractivity contribution in [3.05, 3.63) is 71.1 Å². The normalized spacial score (nSPS) is 21.9. The SMILES string of the molecule is O=C1CCC(N2Cc3c(NC=C4C(=O)CC(c5cccc6[nH]ncc56)CC4=O)cccc3C2=O)C(=O)N1. The lowest BCUT2D eigenvalue weighted by atomic mass is 9.79. The number of benzene rings is 2. The van der Waals surface area contributed by atoms with Crippen LogP contribution in [0.25, 0.3) is 10.9 Å². The van der Waals surface area contributed by atoms with E-state index in [1.165, 1.54) is 11.1 Å². The molecular weight excluding hydrogens is 474 g/mol. The third kappa shape index (κ3) is 3.90. The number of Topliss-reactive ketones (excluding diaryl/α,β-unsaturated/α-hetero) is 2. The van der Waals surface area contributed by atoms with E-state index in [0.29, 0.717) is 16.8 Å². The van der Waals surface area contributed by atoms with Crippen molar-refractivity contribution in [1.82, 2.24) is 20.4 Å². The Kier molecular flexibility index (Phi) is 5.44. The van der Waals surface area contributed by atoms with Crippen molar-refractivity contribution in [3.63, 3.8) is 0 Å². The minimum absolute atomic E-state index is 0.0968. The number of allylic oxidation sites excluding steroid dienone is 1. The van der Waals surface area contributed by atoms with Crippen LogP contribution in [0.3, 0.4) is 0 Å². The fourth-order valence-corrected chi connectivity index (χ4v) is 5.49. The highest BCUT2D eigenvalue weighted by molar-refractivity contribution is 6.22. The highest BCUT2D eigenvalue weighted by atomic mass is 16.2. The second kappa shape index (κ2) is 8.81. The molecule has 186 valence electrons. The number of ketones is 2. The van der Waals surface area contributed by atoms with Gasteiger partial charge in [-0.1, -0.05) is 18.2 Å². The van der Waals surface area contributed by atoms with E-state index in [0.717, 1.165) is 16.5 Å². The first-order valence-corrected chi connectivity index (χ1v) is 12.1. The number of anilines is 1. The molecule has 6 rings (SSSR count). The van der Waals surface area contributed by atoms with Crippen LogP contribution in [-0.4, -0.2) is 50.4 Å². The number of H-pyrrole nitrogens is 1. The van der Waals surface area contributed by atoms with Crippen LogP contribution in [0.2, 0.25) is 0 Å². The lowest BCUT2D eigenvalue weighted by molar-refractivity contribution is -0.137. The number of fused-ring (bicyclic) bond motifs is 2. The van der Waals surface area contributed by atoms with E-state index in [1.807, 2.05) is 18.2 Å². The Morgan fingerprint density at radius 3 is 2.57 bits per heavy atom. The van der Waals surface area contributed by atoms with Crippen LogP contribution in [0.4, 0.5) is 5.69 Å². The van der Waals surface area contributed by atoms with Gasteiger partial charge in [0, 0.05) is 54.2 Å². The summed E-state index contributed by atoms with van der Waals surface area (Å²) in [5, 5.41) is 13.2. The second-order valence-corrected chi connectivity index (χ2v) is 9.56. The molecule has 10 heteroatoms. The number of hydrogen-bond donors (Lipinski definition) is 3. The Hall–Kier alpha value is -4.60. The second-order valence-electron chi connectivity index (χ2n) is 9.56. The van der Waals surface area contributed by atoms with E-state index < -0.39 is 11.9 Å². The molecule has 2 fully saturated rings. The minimum Gasteiger partial charge on any atom is -0.361 e. The molecule has 0 spiro atoms. The van der Waals surface area contributed by atoms with Crippen molar-refractivity contribution >= 4 is 45.9 Å². The minimum atomic E-state index is -0.720. The fraction of sp³-hybridized carbons (Fsp3) is 0.259. The van der Waals surface area contributed by atoms with E-state index in [2.05, 4.69) is 20.8 Å². The van der Waals surface area contributed by atoms with Gasteiger partial charge < -0.3 is 10.2 Å². The third-order valence-corrected chi connectivity index (χ3v) is 7.38. The number of rotatable bonds is 4. The van der Waals surface area contributed by atoms with Crippen molar-refractivity contribution in [2.75, 3.05) is 5.32 Å². The molecule has 10 nitrogen and oxygen atoms in total. The summed E-state index contributed by atoms with van der Waals surface area (Å²) in [5.74, 6) is -1.83. The molecule has 3 heterocycles. The fourth-order valence-electron chi connectivity index (χ4n) is 5.49. The molecule has 0 radical (unpaired) electrons. The summed E-state index contributed by atoms with van der Waals surface area (Å²) >= 11 is 0. The lowest BCUT2D eigenvalue weighted by Gasteiger charge is -2.29. The maximum atomic E-state index is 13.0. The van der Waals surface area contributed by atoms with Crippen LogP contribution < -0.4 is 10.6 Å². The summed E-state index contributed by atoms with van der Waals surface area (Å²) in [4.78, 5) is 64.3. The molecule has 3 aromatic rings. The first-order chi connectivity index (χ1) is 17.9. The predicted octanol–water partition coefficient (Wildman–Crippen LogP) is 2.34. The first kappa shape index (κ1) is 22.8. The van der Waals surface area contributed by atoms with Crippen molar-refractivity contribution in [2.45, 2.75) is 44.2 Å². The molecule has 0 bridgehead atoms. The van der Waals surface area contributed by atoms with E-state index in [4.69, 9.17) is 0 Å². The summed E-state index contributed by atoms with van der Waals surface area (Å²) in [6, 6.07) is 10.1. The van der Waals surface area contributed by atoms with Gasteiger partial charge in [-0.25, -0.2) is 0 Å². The zero-order valence-corrected chi connectivity index (χ0v) is 19.7. The molecule has 3 aliphatic rings. The summed E-state index contributed by atoms with van der Waals surface area (Å²) < 4.78 is 0. The molecule has 3 N–H and O–H groups in total. The Morgan fingerprint density at radius 1 is 1.00 bits per heavy atom. The van der Waals surface area contributed by atoms with Crippen LogP contribution in [0.15, 0.2) is 54.4 Å². The highest BCUT2D eigenvalue weighted by Gasteiger charge is 2.40. The smallest absolute Gasteiger partial charge is 0.255 e. The average molecular weight is 498 g/mol. The van der Waals surface area contributed by atoms with Gasteiger partial charge in [0.1, 0.15) is 6.04 Å². The van der Waals surface area contributed by atoms with Gasteiger partial charge in [-0.3, -0.25) is 34.4 Å². The molecule has 1 aliphatic carbocycles. The van der Waals surface area contributed by atoms with Crippen LogP contribution >= 0.6 is 0 Å². The first-order valence-electron chi connectivity index (χ1n) is 12.1. The van der Waals surface area contributed by atoms with E-state index in [1.54, 1.807) is 24.4 Å². The van der Waals surface area contributed by atoms with Gasteiger partial charge >= 0.3 is 0 Å². The Morgan fingerprint density at radius 2 is 1.78 bits per heavy atom. The molecule has 1 saturated carbocycles. The molecule has 37 heavy (non-hydrogen) atoms. The number of aromatic amines is 1. The Balaban J connectivity index is 1.21. The standard InChI is InChI=1S/C27H23N5O5/c33-23-9-14(15-3-1-6-21-17(15)12-29-31-21)10-24(34)18(23)11-28-20-5-2-4-16-19(20)13-32(27(16)37)22-7-8-25(35)30-26(22)36/h1-6,11-12,14,22,28H,7-10,13H2,(H,29,31)(H,30,35,36). The Labute approximate surface area is 211 Å². The van der Waals surface area contributed by atoms with Gasteiger partial charge in [-0.05, 0) is 36.1 Å². The van der Waals surface area contributed by atoms with Crippen LogP contribution in [0, 0.1) is 0 Å². The van der Waals surface area contributed by atoms with Gasteiger partial charge in [0.2, 0.25) is 11.8 Å². The van der Waals surface area contributed by atoms with Crippen molar-refractivity contribution in [3.8, 4) is 0 Å². The molecule has 1 aromatic heterocycles. The number of hydrogen-bond acceptors (Lipinski definition) is 7. The third-order valence-electron chi connectivity index (χ3n) is 7.38. The molecular formula is C27H23N5O5. The molecule has 1 unspecified atom stereocenters. The van der Waals surface area contributed by atoms with Gasteiger partial charge in [0.25, 0.3) is 5.91 Å². The van der Waals surface area contributed by atoms with E-state index >= 15 is 0 Å². The quantitative estimate of drug-likeness (QED) is 0.285. The number of nitrogens with zero attached hydrogens (tertiary/aromatic N) is 2. The number of carbonyl (C=O) groups excluding carboxylic acids is 5. The number of aromatic nitrogens is 2. The monoisotopic (exact) mass is 497 g/mol. The zero-order chi connectivity index (χ0) is 25.7. The molecule has 3 amide bonds. The highest BCUT2D eigenvalue weighted by Crippen LogP contribution is 2.36. The van der Waals surface area contributed by atoms with Crippen LogP contribution in [-0.2, 0) is 25.7 Å². The van der Waals surface area contributed by atoms with Crippen LogP contribution in [0.5, 0.6) is 0 Å². The molecule has 1 saturated heterocycles. The lowest BCUT2D eigenvalue weighted by Crippen LogP contribution is -2.52. The maximum Gasteiger partial charge on any atom is 0.255 e. The van der Waals surface area contributed by atoms with E-state index in [9.17, 15) is 24.0 Å². The molecule has 2 aromatic carbocycles. The van der Waals surface area contributed by atoms with Gasteiger partial charge in [-0.15, -0.1) is 0 Å². The maximum absolute atomic E-state index is 13.0. The number of piperidine rings is 1. The number of carbonyl (C=O) groups is 5. The summed E-state index contributed by atoms with van der Waals surface area (Å²) in [6.45, 7) is 0.186. The molecule has 2 aliphatic heterocycles. The number of imide groups is 1.